The van der Waals surface area contributed by atoms with Crippen LogP contribution in [0.25, 0.3) is 0 Å². The van der Waals surface area contributed by atoms with E-state index in [4.69, 9.17) is 4.74 Å². The second-order valence-corrected chi connectivity index (χ2v) is 5.59. The fourth-order valence-electron chi connectivity index (χ4n) is 2.91. The topological polar surface area (TPSA) is 34.1 Å². The third-order valence-corrected chi connectivity index (χ3v) is 3.80. The van der Waals surface area contributed by atoms with Crippen molar-refractivity contribution in [2.75, 3.05) is 13.2 Å². The van der Waals surface area contributed by atoms with Gasteiger partial charge in [-0.3, -0.25) is 4.98 Å². The van der Waals surface area contributed by atoms with Gasteiger partial charge in [-0.2, -0.15) is 0 Å². The lowest BCUT2D eigenvalue weighted by molar-refractivity contribution is 0.0541. The van der Waals surface area contributed by atoms with Gasteiger partial charge in [-0.15, -0.1) is 0 Å². The molecule has 0 amide bonds. The molecule has 106 valence electrons. The number of nitrogens with zero attached hydrogens (tertiary/aromatic N) is 1. The lowest BCUT2D eigenvalue weighted by Gasteiger charge is -2.32. The fraction of sp³-hybridized carbons (Fsp3) is 0.688. The Balaban J connectivity index is 2.13. The van der Waals surface area contributed by atoms with Crippen LogP contribution in [0.4, 0.5) is 0 Å². The maximum absolute atomic E-state index is 5.83. The molecule has 0 radical (unpaired) electrons. The van der Waals surface area contributed by atoms with Gasteiger partial charge in [0.25, 0.3) is 0 Å². The predicted octanol–water partition coefficient (Wildman–Crippen LogP) is 2.90. The van der Waals surface area contributed by atoms with Gasteiger partial charge in [-0.1, -0.05) is 13.0 Å². The number of likely N-dealkylation sites (N-methyl/N-ethyl adjacent to an activating group) is 1. The Morgan fingerprint density at radius 2 is 2.32 bits per heavy atom. The molecule has 1 N–H and O–H groups in total. The van der Waals surface area contributed by atoms with Crippen molar-refractivity contribution in [3.05, 3.63) is 29.6 Å². The predicted molar refractivity (Wildman–Crippen MR) is 78.5 cm³/mol. The molecule has 0 spiro atoms. The second kappa shape index (κ2) is 7.01. The molecule has 3 nitrogen and oxygen atoms in total. The fourth-order valence-corrected chi connectivity index (χ4v) is 2.91. The maximum Gasteiger partial charge on any atom is 0.0629 e. The number of fused-ring (bicyclic) bond motifs is 1. The molecule has 3 heteroatoms. The lowest BCUT2D eigenvalue weighted by atomic mass is 9.82. The monoisotopic (exact) mass is 262 g/mol. The molecule has 19 heavy (non-hydrogen) atoms. The molecular weight excluding hydrogens is 236 g/mol. The Morgan fingerprint density at radius 1 is 1.47 bits per heavy atom. The summed E-state index contributed by atoms with van der Waals surface area (Å²) in [5.41, 5.74) is 2.71. The van der Waals surface area contributed by atoms with Gasteiger partial charge in [0, 0.05) is 23.9 Å². The molecule has 1 aliphatic rings. The number of hydrogen-bond donors (Lipinski definition) is 1. The van der Waals surface area contributed by atoms with E-state index in [0.717, 1.165) is 13.2 Å². The molecule has 0 bridgehead atoms. The molecule has 0 fully saturated rings. The molecule has 2 unspecified atom stereocenters. The van der Waals surface area contributed by atoms with Gasteiger partial charge < -0.3 is 10.1 Å². The van der Waals surface area contributed by atoms with Gasteiger partial charge >= 0.3 is 0 Å². The second-order valence-electron chi connectivity index (χ2n) is 5.59. The maximum atomic E-state index is 5.83. The largest absolute Gasteiger partial charge is 0.377 e. The van der Waals surface area contributed by atoms with Crippen molar-refractivity contribution in [3.8, 4) is 0 Å². The Labute approximate surface area is 116 Å². The van der Waals surface area contributed by atoms with Crippen molar-refractivity contribution in [2.45, 2.75) is 58.1 Å². The summed E-state index contributed by atoms with van der Waals surface area (Å²) in [5.74, 6) is 0.489. The van der Waals surface area contributed by atoms with Crippen LogP contribution in [-0.2, 0) is 11.2 Å². The summed E-state index contributed by atoms with van der Waals surface area (Å²) in [6, 6.07) is 4.65. The highest BCUT2D eigenvalue weighted by atomic mass is 16.5. The summed E-state index contributed by atoms with van der Waals surface area (Å²) in [4.78, 5) is 4.64. The van der Waals surface area contributed by atoms with Crippen molar-refractivity contribution < 1.29 is 4.74 Å². The summed E-state index contributed by atoms with van der Waals surface area (Å²) in [7, 11) is 0. The van der Waals surface area contributed by atoms with E-state index < -0.39 is 0 Å². The zero-order valence-corrected chi connectivity index (χ0v) is 12.4. The van der Waals surface area contributed by atoms with Crippen molar-refractivity contribution in [3.63, 3.8) is 0 Å². The Bertz CT molecular complexity index is 392. The van der Waals surface area contributed by atoms with Gasteiger partial charge in [0.15, 0.2) is 0 Å². The number of ether oxygens (including phenoxy) is 1. The van der Waals surface area contributed by atoms with E-state index in [-0.39, 0.29) is 6.10 Å². The van der Waals surface area contributed by atoms with Crippen LogP contribution in [0.15, 0.2) is 18.3 Å². The number of aromatic nitrogens is 1. The smallest absolute Gasteiger partial charge is 0.0629 e. The average Bonchev–Trinajstić information content (AvgIpc) is 2.43. The molecule has 2 rings (SSSR count). The molecule has 1 aromatic rings. The van der Waals surface area contributed by atoms with Crippen LogP contribution in [0, 0.1) is 0 Å². The van der Waals surface area contributed by atoms with E-state index in [2.05, 4.69) is 37.1 Å². The molecule has 2 atom stereocenters. The minimum Gasteiger partial charge on any atom is -0.377 e. The van der Waals surface area contributed by atoms with E-state index in [1.165, 1.54) is 30.5 Å². The van der Waals surface area contributed by atoms with Crippen molar-refractivity contribution >= 4 is 0 Å². The zero-order chi connectivity index (χ0) is 13.7. The van der Waals surface area contributed by atoms with Gasteiger partial charge in [-0.25, -0.2) is 0 Å². The number of rotatable bonds is 6. The van der Waals surface area contributed by atoms with Crippen LogP contribution in [-0.4, -0.2) is 30.3 Å². The Morgan fingerprint density at radius 3 is 3.05 bits per heavy atom. The first-order chi connectivity index (χ1) is 9.22. The van der Waals surface area contributed by atoms with E-state index >= 15 is 0 Å². The summed E-state index contributed by atoms with van der Waals surface area (Å²) in [6.45, 7) is 8.09. The minimum absolute atomic E-state index is 0.285. The van der Waals surface area contributed by atoms with Crippen LogP contribution in [0.3, 0.4) is 0 Å². The van der Waals surface area contributed by atoms with Crippen LogP contribution in [0.5, 0.6) is 0 Å². The molecule has 1 heterocycles. The third kappa shape index (κ3) is 3.77. The quantitative estimate of drug-likeness (QED) is 0.856. The van der Waals surface area contributed by atoms with Crippen LogP contribution in [0.1, 0.15) is 50.8 Å². The van der Waals surface area contributed by atoms with Gasteiger partial charge in [0.1, 0.15) is 0 Å². The van der Waals surface area contributed by atoms with Crippen LogP contribution < -0.4 is 5.32 Å². The van der Waals surface area contributed by atoms with E-state index in [0.29, 0.717) is 12.0 Å². The standard InChI is InChI=1S/C16H26N2O/c1-4-17-15(11-19-12(2)3)14-9-5-7-13-8-6-10-18-16(13)14/h6,8,10,12,14-15,17H,4-5,7,9,11H2,1-3H3. The van der Waals surface area contributed by atoms with E-state index in [1.807, 2.05) is 12.3 Å². The highest BCUT2D eigenvalue weighted by Crippen LogP contribution is 2.32. The van der Waals surface area contributed by atoms with E-state index in [1.54, 1.807) is 0 Å². The van der Waals surface area contributed by atoms with Crippen molar-refractivity contribution in [2.24, 2.45) is 0 Å². The molecule has 1 aromatic heterocycles. The number of pyridine rings is 1. The van der Waals surface area contributed by atoms with Crippen molar-refractivity contribution in [1.82, 2.24) is 10.3 Å². The van der Waals surface area contributed by atoms with Crippen LogP contribution in [0.2, 0.25) is 0 Å². The Hall–Kier alpha value is -0.930. The van der Waals surface area contributed by atoms with Gasteiger partial charge in [0.05, 0.1) is 12.7 Å². The number of hydrogen-bond acceptors (Lipinski definition) is 3. The Kier molecular flexibility index (Phi) is 5.34. The van der Waals surface area contributed by atoms with Crippen LogP contribution >= 0.6 is 0 Å². The molecule has 0 saturated heterocycles. The summed E-state index contributed by atoms with van der Waals surface area (Å²) >= 11 is 0. The van der Waals surface area contributed by atoms with E-state index in [9.17, 15) is 0 Å². The number of aryl methyl sites for hydroxylation is 1. The molecule has 0 saturated carbocycles. The van der Waals surface area contributed by atoms with Crippen molar-refractivity contribution in [1.29, 1.82) is 0 Å². The third-order valence-electron chi connectivity index (χ3n) is 3.80. The zero-order valence-electron chi connectivity index (χ0n) is 12.4. The molecule has 0 aromatic carbocycles. The highest BCUT2D eigenvalue weighted by Gasteiger charge is 2.28. The first-order valence-electron chi connectivity index (χ1n) is 7.51. The minimum atomic E-state index is 0.285. The number of nitrogens with one attached hydrogen (secondary N) is 1. The van der Waals surface area contributed by atoms with Gasteiger partial charge in [0.2, 0.25) is 0 Å². The molecule has 0 aliphatic heterocycles. The normalized spacial score (nSPS) is 20.3. The molecule has 1 aliphatic carbocycles. The first-order valence-corrected chi connectivity index (χ1v) is 7.51. The summed E-state index contributed by atoms with van der Waals surface area (Å²) < 4.78 is 5.83. The van der Waals surface area contributed by atoms with Gasteiger partial charge in [-0.05, 0) is 51.3 Å². The molecular formula is C16H26N2O. The SMILES string of the molecule is CCNC(COC(C)C)C1CCCc2cccnc21. The summed E-state index contributed by atoms with van der Waals surface area (Å²) in [5, 5.41) is 3.58. The highest BCUT2D eigenvalue weighted by molar-refractivity contribution is 5.27. The lowest BCUT2D eigenvalue weighted by Crippen LogP contribution is -2.41. The summed E-state index contributed by atoms with van der Waals surface area (Å²) in [6.07, 6.45) is 5.84. The average molecular weight is 262 g/mol. The first kappa shape index (κ1) is 14.5.